The second kappa shape index (κ2) is 3.46. The Hall–Kier alpha value is -1.29. The van der Waals surface area contributed by atoms with E-state index in [-0.39, 0.29) is 0 Å². The minimum Gasteiger partial charge on any atom is -0.496 e. The van der Waals surface area contributed by atoms with Crippen LogP contribution in [0.25, 0.3) is 10.8 Å². The number of ether oxygens (including phenoxy) is 1. The normalized spacial score (nSPS) is 10.4. The molecule has 0 aliphatic rings. The molecule has 1 heterocycles. The van der Waals surface area contributed by atoms with Crippen LogP contribution in [0.3, 0.4) is 0 Å². The molecule has 1 aromatic heterocycles. The van der Waals surface area contributed by atoms with Crippen molar-refractivity contribution in [3.05, 3.63) is 28.9 Å². The maximum absolute atomic E-state index is 5.59. The van der Waals surface area contributed by atoms with Crippen LogP contribution in [0.2, 0.25) is 0 Å². The van der Waals surface area contributed by atoms with Crippen LogP contribution in [0.1, 0.15) is 0 Å². The zero-order valence-electron chi connectivity index (χ0n) is 7.62. The van der Waals surface area contributed by atoms with Crippen LogP contribution >= 0.6 is 15.9 Å². The molecule has 2 rings (SSSR count). The van der Waals surface area contributed by atoms with E-state index in [0.717, 1.165) is 21.0 Å². The molecule has 72 valence electrons. The van der Waals surface area contributed by atoms with Gasteiger partial charge in [-0.2, -0.15) is 0 Å². The summed E-state index contributed by atoms with van der Waals surface area (Å²) in [5.74, 6) is 1.31. The number of nitrogens with two attached hydrogens (primary N) is 1. The standard InChI is InChI=1S/C10H9BrN2O/c1-14-9-3-6-4-10(12)13-5-7(6)2-8(9)11/h2-5H,1H3,(H2,12,13). The molecule has 0 radical (unpaired) electrons. The SMILES string of the molecule is COc1cc2cc(N)ncc2cc1Br. The second-order valence-electron chi connectivity index (χ2n) is 2.94. The van der Waals surface area contributed by atoms with Gasteiger partial charge in [-0.25, -0.2) is 4.98 Å². The van der Waals surface area contributed by atoms with Gasteiger partial charge in [0.1, 0.15) is 11.6 Å². The van der Waals surface area contributed by atoms with Gasteiger partial charge in [0.05, 0.1) is 11.6 Å². The van der Waals surface area contributed by atoms with Crippen molar-refractivity contribution in [2.45, 2.75) is 0 Å². The largest absolute Gasteiger partial charge is 0.496 e. The summed E-state index contributed by atoms with van der Waals surface area (Å²) in [7, 11) is 1.64. The number of anilines is 1. The third-order valence-corrected chi connectivity index (χ3v) is 2.63. The molecular weight excluding hydrogens is 244 g/mol. The molecule has 0 saturated heterocycles. The fourth-order valence-electron chi connectivity index (χ4n) is 1.32. The van der Waals surface area contributed by atoms with Crippen LogP contribution < -0.4 is 10.5 Å². The number of methoxy groups -OCH3 is 1. The van der Waals surface area contributed by atoms with Gasteiger partial charge in [-0.15, -0.1) is 0 Å². The predicted molar refractivity (Wildman–Crippen MR) is 60.4 cm³/mol. The van der Waals surface area contributed by atoms with E-state index in [1.54, 1.807) is 13.3 Å². The summed E-state index contributed by atoms with van der Waals surface area (Å²) < 4.78 is 6.10. The van der Waals surface area contributed by atoms with Crippen molar-refractivity contribution in [3.8, 4) is 5.75 Å². The van der Waals surface area contributed by atoms with Crippen molar-refractivity contribution in [3.63, 3.8) is 0 Å². The van der Waals surface area contributed by atoms with Crippen LogP contribution in [-0.2, 0) is 0 Å². The van der Waals surface area contributed by atoms with Crippen LogP contribution in [0, 0.1) is 0 Å². The van der Waals surface area contributed by atoms with E-state index in [0.29, 0.717) is 5.82 Å². The van der Waals surface area contributed by atoms with Crippen molar-refractivity contribution < 1.29 is 4.74 Å². The van der Waals surface area contributed by atoms with Crippen molar-refractivity contribution in [2.24, 2.45) is 0 Å². The van der Waals surface area contributed by atoms with E-state index < -0.39 is 0 Å². The van der Waals surface area contributed by atoms with Gasteiger partial charge >= 0.3 is 0 Å². The number of aromatic nitrogens is 1. The average Bonchev–Trinajstić information content (AvgIpc) is 2.17. The first-order valence-corrected chi connectivity index (χ1v) is 4.89. The third kappa shape index (κ3) is 1.53. The second-order valence-corrected chi connectivity index (χ2v) is 3.80. The van der Waals surface area contributed by atoms with Gasteiger partial charge in [-0.3, -0.25) is 0 Å². The Morgan fingerprint density at radius 1 is 1.29 bits per heavy atom. The Labute approximate surface area is 90.0 Å². The summed E-state index contributed by atoms with van der Waals surface area (Å²) in [5, 5.41) is 2.06. The topological polar surface area (TPSA) is 48.1 Å². The Balaban J connectivity index is 2.73. The molecule has 0 spiro atoms. The summed E-state index contributed by atoms with van der Waals surface area (Å²) in [6, 6.07) is 5.71. The first-order chi connectivity index (χ1) is 6.70. The summed E-state index contributed by atoms with van der Waals surface area (Å²) in [6.45, 7) is 0. The number of nitrogen functional groups attached to an aromatic ring is 1. The molecule has 3 nitrogen and oxygen atoms in total. The molecule has 0 saturated carbocycles. The Morgan fingerprint density at radius 3 is 2.79 bits per heavy atom. The van der Waals surface area contributed by atoms with Crippen molar-refractivity contribution in [2.75, 3.05) is 12.8 Å². The lowest BCUT2D eigenvalue weighted by Crippen LogP contribution is -1.90. The lowest BCUT2D eigenvalue weighted by molar-refractivity contribution is 0.413. The van der Waals surface area contributed by atoms with Crippen LogP contribution in [-0.4, -0.2) is 12.1 Å². The van der Waals surface area contributed by atoms with Gasteiger partial charge in [0.15, 0.2) is 0 Å². The summed E-state index contributed by atoms with van der Waals surface area (Å²) in [6.07, 6.45) is 1.74. The van der Waals surface area contributed by atoms with E-state index in [1.807, 2.05) is 18.2 Å². The fraction of sp³-hybridized carbons (Fsp3) is 0.100. The Bertz CT molecular complexity index is 485. The van der Waals surface area contributed by atoms with Gasteiger partial charge in [0.2, 0.25) is 0 Å². The number of hydrogen-bond donors (Lipinski definition) is 1. The van der Waals surface area contributed by atoms with Gasteiger partial charge in [0.25, 0.3) is 0 Å². The van der Waals surface area contributed by atoms with Crippen LogP contribution in [0.15, 0.2) is 28.9 Å². The minimum absolute atomic E-state index is 0.516. The van der Waals surface area contributed by atoms with Crippen LogP contribution in [0.5, 0.6) is 5.75 Å². The number of rotatable bonds is 1. The summed E-state index contributed by atoms with van der Waals surface area (Å²) >= 11 is 3.41. The number of hydrogen-bond acceptors (Lipinski definition) is 3. The van der Waals surface area contributed by atoms with Gasteiger partial charge < -0.3 is 10.5 Å². The molecule has 0 unspecified atom stereocenters. The minimum atomic E-state index is 0.516. The third-order valence-electron chi connectivity index (χ3n) is 2.01. The molecule has 0 aliphatic carbocycles. The molecule has 4 heteroatoms. The van der Waals surface area contributed by atoms with E-state index in [4.69, 9.17) is 10.5 Å². The molecule has 1 aromatic carbocycles. The van der Waals surface area contributed by atoms with E-state index in [9.17, 15) is 0 Å². The first-order valence-electron chi connectivity index (χ1n) is 4.09. The van der Waals surface area contributed by atoms with Gasteiger partial charge in [-0.1, -0.05) is 0 Å². The van der Waals surface area contributed by atoms with Gasteiger partial charge in [-0.05, 0) is 39.5 Å². The molecule has 14 heavy (non-hydrogen) atoms. The summed E-state index contributed by atoms with van der Waals surface area (Å²) in [5.41, 5.74) is 5.59. The van der Waals surface area contributed by atoms with Crippen molar-refractivity contribution in [1.29, 1.82) is 0 Å². The number of benzene rings is 1. The molecule has 0 aliphatic heterocycles. The quantitative estimate of drug-likeness (QED) is 0.849. The molecule has 2 aromatic rings. The van der Waals surface area contributed by atoms with Crippen molar-refractivity contribution in [1.82, 2.24) is 4.98 Å². The van der Waals surface area contributed by atoms with Gasteiger partial charge in [0, 0.05) is 11.6 Å². The molecule has 2 N–H and O–H groups in total. The zero-order valence-corrected chi connectivity index (χ0v) is 9.21. The lowest BCUT2D eigenvalue weighted by Gasteiger charge is -2.05. The molecule has 0 amide bonds. The Kier molecular flexibility index (Phi) is 2.29. The molecule has 0 bridgehead atoms. The number of halogens is 1. The van der Waals surface area contributed by atoms with E-state index in [1.165, 1.54) is 0 Å². The van der Waals surface area contributed by atoms with Crippen molar-refractivity contribution >= 4 is 32.5 Å². The fourth-order valence-corrected chi connectivity index (χ4v) is 1.84. The monoisotopic (exact) mass is 252 g/mol. The predicted octanol–water partition coefficient (Wildman–Crippen LogP) is 2.59. The lowest BCUT2D eigenvalue weighted by atomic mass is 10.1. The maximum atomic E-state index is 5.59. The molecule has 0 atom stereocenters. The number of nitrogens with zero attached hydrogens (tertiary/aromatic N) is 1. The first kappa shape index (κ1) is 9.27. The van der Waals surface area contributed by atoms with E-state index in [2.05, 4.69) is 20.9 Å². The zero-order chi connectivity index (χ0) is 10.1. The highest BCUT2D eigenvalue weighted by atomic mass is 79.9. The molecule has 0 fully saturated rings. The number of pyridine rings is 1. The Morgan fingerprint density at radius 2 is 2.07 bits per heavy atom. The van der Waals surface area contributed by atoms with Crippen LogP contribution in [0.4, 0.5) is 5.82 Å². The highest BCUT2D eigenvalue weighted by Crippen LogP contribution is 2.30. The smallest absolute Gasteiger partial charge is 0.133 e. The van der Waals surface area contributed by atoms with E-state index >= 15 is 0 Å². The highest BCUT2D eigenvalue weighted by molar-refractivity contribution is 9.10. The maximum Gasteiger partial charge on any atom is 0.133 e. The molecular formula is C10H9BrN2O. The average molecular weight is 253 g/mol. The highest BCUT2D eigenvalue weighted by Gasteiger charge is 2.03. The number of fused-ring (bicyclic) bond motifs is 1. The summed E-state index contributed by atoms with van der Waals surface area (Å²) in [4.78, 5) is 4.02.